The maximum absolute atomic E-state index is 13.0. The van der Waals surface area contributed by atoms with Gasteiger partial charge in [0.25, 0.3) is 5.91 Å². The largest absolute Gasteiger partial charge is 0.495 e. The molecule has 0 spiro atoms. The lowest BCUT2D eigenvalue weighted by Gasteiger charge is -2.31. The summed E-state index contributed by atoms with van der Waals surface area (Å²) in [6, 6.07) is 11.9. The molecule has 1 aliphatic rings. The molecule has 0 saturated carbocycles. The van der Waals surface area contributed by atoms with Crippen molar-refractivity contribution < 1.29 is 17.9 Å². The molecule has 0 fully saturated rings. The van der Waals surface area contributed by atoms with E-state index in [9.17, 15) is 13.2 Å². The minimum absolute atomic E-state index is 0.0387. The highest BCUT2D eigenvalue weighted by Gasteiger charge is 2.27. The van der Waals surface area contributed by atoms with Gasteiger partial charge >= 0.3 is 0 Å². The Morgan fingerprint density at radius 1 is 1.16 bits per heavy atom. The summed E-state index contributed by atoms with van der Waals surface area (Å²) in [5, 5.41) is 0. The zero-order chi connectivity index (χ0) is 18.0. The van der Waals surface area contributed by atoms with Crippen LogP contribution in [0.15, 0.2) is 47.4 Å². The average Bonchev–Trinajstić information content (AvgIpc) is 2.66. The molecule has 1 amide bonds. The van der Waals surface area contributed by atoms with Crippen LogP contribution in [0.25, 0.3) is 0 Å². The molecule has 1 heterocycles. The minimum Gasteiger partial charge on any atom is -0.495 e. The van der Waals surface area contributed by atoms with Crippen molar-refractivity contribution in [1.29, 1.82) is 0 Å². The van der Waals surface area contributed by atoms with Gasteiger partial charge in [0.15, 0.2) is 9.84 Å². The number of rotatable bonds is 4. The first-order valence-corrected chi connectivity index (χ1v) is 9.93. The van der Waals surface area contributed by atoms with Crippen LogP contribution in [0.1, 0.15) is 29.3 Å². The Morgan fingerprint density at radius 2 is 1.88 bits per heavy atom. The van der Waals surface area contributed by atoms with Crippen molar-refractivity contribution in [2.75, 3.05) is 24.3 Å². The number of aryl methyl sites for hydroxylation is 1. The van der Waals surface area contributed by atoms with Crippen LogP contribution in [0.5, 0.6) is 5.75 Å². The van der Waals surface area contributed by atoms with Gasteiger partial charge in [-0.2, -0.15) is 0 Å². The van der Waals surface area contributed by atoms with Gasteiger partial charge < -0.3 is 9.64 Å². The number of amides is 1. The summed E-state index contributed by atoms with van der Waals surface area (Å²) in [5.41, 5.74) is 2.37. The lowest BCUT2D eigenvalue weighted by atomic mass is 10.00. The number of carbonyl (C=O) groups is 1. The molecule has 0 aliphatic carbocycles. The van der Waals surface area contributed by atoms with Crippen molar-refractivity contribution in [3.8, 4) is 5.75 Å². The minimum atomic E-state index is -3.27. The first-order valence-electron chi connectivity index (χ1n) is 8.28. The van der Waals surface area contributed by atoms with Gasteiger partial charge in [0.05, 0.1) is 23.4 Å². The quantitative estimate of drug-likeness (QED) is 0.841. The molecular formula is C19H21NO4S. The van der Waals surface area contributed by atoms with E-state index in [4.69, 9.17) is 4.74 Å². The Bertz CT molecular complexity index is 874. The van der Waals surface area contributed by atoms with E-state index in [0.717, 1.165) is 24.1 Å². The third-order valence-electron chi connectivity index (χ3n) is 4.49. The van der Waals surface area contributed by atoms with Gasteiger partial charge in [0.2, 0.25) is 0 Å². The van der Waals surface area contributed by atoms with Gasteiger partial charge in [0.1, 0.15) is 5.75 Å². The van der Waals surface area contributed by atoms with Crippen LogP contribution >= 0.6 is 0 Å². The smallest absolute Gasteiger partial charge is 0.258 e. The van der Waals surface area contributed by atoms with Crippen molar-refractivity contribution in [3.05, 3.63) is 53.6 Å². The number of sulfone groups is 1. The van der Waals surface area contributed by atoms with Gasteiger partial charge in [-0.25, -0.2) is 8.42 Å². The summed E-state index contributed by atoms with van der Waals surface area (Å²) in [6.07, 6.45) is 1.79. The summed E-state index contributed by atoms with van der Waals surface area (Å²) < 4.78 is 29.3. The van der Waals surface area contributed by atoms with Crippen molar-refractivity contribution in [2.24, 2.45) is 0 Å². The Balaban J connectivity index is 1.96. The van der Waals surface area contributed by atoms with E-state index in [2.05, 4.69) is 0 Å². The highest BCUT2D eigenvalue weighted by atomic mass is 32.2. The fourth-order valence-electron chi connectivity index (χ4n) is 3.11. The molecule has 2 aromatic rings. The van der Waals surface area contributed by atoms with E-state index in [1.165, 1.54) is 12.1 Å². The summed E-state index contributed by atoms with van der Waals surface area (Å²) in [7, 11) is -1.68. The normalized spacial score (nSPS) is 14.1. The van der Waals surface area contributed by atoms with Crippen LogP contribution < -0.4 is 9.64 Å². The monoisotopic (exact) mass is 359 g/mol. The molecule has 3 rings (SSSR count). The van der Waals surface area contributed by atoms with Crippen LogP contribution in [0.2, 0.25) is 0 Å². The fourth-order valence-corrected chi connectivity index (χ4v) is 3.99. The van der Waals surface area contributed by atoms with Crippen LogP contribution in [-0.4, -0.2) is 33.7 Å². The Hall–Kier alpha value is -2.34. The average molecular weight is 359 g/mol. The SMILES string of the molecule is CCS(=O)(=O)c1ccc(C(=O)N2CCCc3cccc(OC)c32)cc1. The van der Waals surface area contributed by atoms with E-state index >= 15 is 0 Å². The summed E-state index contributed by atoms with van der Waals surface area (Å²) in [5.74, 6) is 0.568. The molecule has 0 radical (unpaired) electrons. The van der Waals surface area contributed by atoms with Crippen molar-refractivity contribution >= 4 is 21.4 Å². The molecule has 0 atom stereocenters. The van der Waals surface area contributed by atoms with Gasteiger partial charge in [-0.15, -0.1) is 0 Å². The van der Waals surface area contributed by atoms with Crippen molar-refractivity contribution in [1.82, 2.24) is 0 Å². The number of anilines is 1. The molecule has 0 bridgehead atoms. The van der Waals surface area contributed by atoms with E-state index in [-0.39, 0.29) is 16.6 Å². The predicted molar refractivity (Wildman–Crippen MR) is 97.2 cm³/mol. The molecule has 0 unspecified atom stereocenters. The second kappa shape index (κ2) is 6.88. The predicted octanol–water partition coefficient (Wildman–Crippen LogP) is 3.08. The number of benzene rings is 2. The Labute approximate surface area is 148 Å². The Morgan fingerprint density at radius 3 is 2.52 bits per heavy atom. The number of hydrogen-bond acceptors (Lipinski definition) is 4. The molecule has 25 heavy (non-hydrogen) atoms. The summed E-state index contributed by atoms with van der Waals surface area (Å²) >= 11 is 0. The Kier molecular flexibility index (Phi) is 4.81. The third kappa shape index (κ3) is 3.26. The molecule has 0 N–H and O–H groups in total. The van der Waals surface area contributed by atoms with Crippen LogP contribution in [0.4, 0.5) is 5.69 Å². The lowest BCUT2D eigenvalue weighted by Crippen LogP contribution is -2.35. The van der Waals surface area contributed by atoms with Crippen LogP contribution in [0, 0.1) is 0 Å². The standard InChI is InChI=1S/C19H21NO4S/c1-3-25(22,23)16-11-9-15(10-12-16)19(21)20-13-5-7-14-6-4-8-17(24-2)18(14)20/h4,6,8-12H,3,5,7,13H2,1-2H3. The molecule has 132 valence electrons. The van der Waals surface area contributed by atoms with Gasteiger partial charge in [0, 0.05) is 12.1 Å². The number of hydrogen-bond donors (Lipinski definition) is 0. The van der Waals surface area contributed by atoms with Crippen LogP contribution in [-0.2, 0) is 16.3 Å². The first-order chi connectivity index (χ1) is 12.0. The first kappa shape index (κ1) is 17.5. The number of methoxy groups -OCH3 is 1. The molecule has 6 heteroatoms. The third-order valence-corrected chi connectivity index (χ3v) is 6.24. The van der Waals surface area contributed by atoms with E-state index in [0.29, 0.717) is 17.9 Å². The maximum Gasteiger partial charge on any atom is 0.258 e. The fraction of sp³-hybridized carbons (Fsp3) is 0.316. The second-order valence-corrected chi connectivity index (χ2v) is 8.23. The van der Waals surface area contributed by atoms with Gasteiger partial charge in [-0.3, -0.25) is 4.79 Å². The molecule has 1 aliphatic heterocycles. The van der Waals surface area contributed by atoms with Gasteiger partial charge in [-0.05, 0) is 48.7 Å². The van der Waals surface area contributed by atoms with Crippen LogP contribution in [0.3, 0.4) is 0 Å². The van der Waals surface area contributed by atoms with E-state index in [1.807, 2.05) is 18.2 Å². The highest BCUT2D eigenvalue weighted by Crippen LogP contribution is 2.37. The second-order valence-electron chi connectivity index (χ2n) is 5.96. The zero-order valence-corrected chi connectivity index (χ0v) is 15.2. The highest BCUT2D eigenvalue weighted by molar-refractivity contribution is 7.91. The summed E-state index contributed by atoms with van der Waals surface area (Å²) in [4.78, 5) is 14.9. The van der Waals surface area contributed by atoms with E-state index in [1.54, 1.807) is 31.1 Å². The molecule has 0 saturated heterocycles. The summed E-state index contributed by atoms with van der Waals surface area (Å²) in [6.45, 7) is 2.21. The lowest BCUT2D eigenvalue weighted by molar-refractivity contribution is 0.0984. The van der Waals surface area contributed by atoms with Gasteiger partial charge in [-0.1, -0.05) is 19.1 Å². The topological polar surface area (TPSA) is 63.7 Å². The maximum atomic E-state index is 13.0. The molecular weight excluding hydrogens is 338 g/mol. The van der Waals surface area contributed by atoms with Crippen molar-refractivity contribution in [2.45, 2.75) is 24.7 Å². The molecule has 5 nitrogen and oxygen atoms in total. The number of para-hydroxylation sites is 1. The van der Waals surface area contributed by atoms with Crippen molar-refractivity contribution in [3.63, 3.8) is 0 Å². The number of ether oxygens (including phenoxy) is 1. The zero-order valence-electron chi connectivity index (χ0n) is 14.4. The number of nitrogens with zero attached hydrogens (tertiary/aromatic N) is 1. The molecule has 2 aromatic carbocycles. The van der Waals surface area contributed by atoms with E-state index < -0.39 is 9.84 Å². The number of fused-ring (bicyclic) bond motifs is 1. The molecule has 0 aromatic heterocycles. The number of carbonyl (C=O) groups excluding carboxylic acids is 1.